The molecule has 122 valence electrons. The van der Waals surface area contributed by atoms with E-state index in [1.807, 2.05) is 37.8 Å². The van der Waals surface area contributed by atoms with E-state index in [1.54, 1.807) is 0 Å². The van der Waals surface area contributed by atoms with Gasteiger partial charge in [-0.1, -0.05) is 36.4 Å². The van der Waals surface area contributed by atoms with Crippen LogP contribution in [0.4, 0.5) is 4.79 Å². The van der Waals surface area contributed by atoms with Gasteiger partial charge in [0.2, 0.25) is 0 Å². The number of carbonyl (C=O) groups is 1. The van der Waals surface area contributed by atoms with E-state index in [2.05, 4.69) is 35.6 Å². The molecule has 0 saturated carbocycles. The summed E-state index contributed by atoms with van der Waals surface area (Å²) in [6.45, 7) is 7.90. The molecule has 1 saturated heterocycles. The summed E-state index contributed by atoms with van der Waals surface area (Å²) >= 11 is 0. The Labute approximate surface area is 137 Å². The van der Waals surface area contributed by atoms with Crippen molar-refractivity contribution in [2.75, 3.05) is 19.6 Å². The molecule has 1 atom stereocenters. The Morgan fingerprint density at radius 3 is 2.65 bits per heavy atom. The predicted octanol–water partition coefficient (Wildman–Crippen LogP) is 3.72. The first kappa shape index (κ1) is 15.8. The van der Waals surface area contributed by atoms with Crippen molar-refractivity contribution < 1.29 is 9.53 Å². The molecule has 0 spiro atoms. The number of ether oxygens (including phenoxy) is 1. The SMILES string of the molecule is CC(C)(C)OC(=O)N1CCNC[C@H]1c1ccc2ccccc2c1. The molecule has 0 unspecified atom stereocenters. The Balaban J connectivity index is 1.89. The molecule has 1 aliphatic heterocycles. The van der Waals surface area contributed by atoms with Crippen LogP contribution in [0, 0.1) is 0 Å². The highest BCUT2D eigenvalue weighted by Gasteiger charge is 2.31. The Morgan fingerprint density at radius 1 is 1.17 bits per heavy atom. The minimum Gasteiger partial charge on any atom is -0.444 e. The highest BCUT2D eigenvalue weighted by atomic mass is 16.6. The number of nitrogens with zero attached hydrogens (tertiary/aromatic N) is 1. The molecule has 4 nitrogen and oxygen atoms in total. The number of rotatable bonds is 1. The van der Waals surface area contributed by atoms with Gasteiger partial charge >= 0.3 is 6.09 Å². The normalized spacial score (nSPS) is 18.9. The maximum absolute atomic E-state index is 12.5. The van der Waals surface area contributed by atoms with Gasteiger partial charge < -0.3 is 10.1 Å². The zero-order valence-electron chi connectivity index (χ0n) is 14.0. The number of nitrogens with one attached hydrogen (secondary N) is 1. The summed E-state index contributed by atoms with van der Waals surface area (Å²) in [5, 5.41) is 5.79. The summed E-state index contributed by atoms with van der Waals surface area (Å²) in [7, 11) is 0. The first-order valence-electron chi connectivity index (χ1n) is 8.13. The number of benzene rings is 2. The van der Waals surface area contributed by atoms with Crippen LogP contribution in [-0.4, -0.2) is 36.2 Å². The van der Waals surface area contributed by atoms with Crippen LogP contribution in [0.15, 0.2) is 42.5 Å². The fraction of sp³-hybridized carbons (Fsp3) is 0.421. The predicted molar refractivity (Wildman–Crippen MR) is 92.5 cm³/mol. The highest BCUT2D eigenvalue weighted by molar-refractivity contribution is 5.83. The quantitative estimate of drug-likeness (QED) is 0.872. The fourth-order valence-electron chi connectivity index (χ4n) is 2.96. The second kappa shape index (κ2) is 6.20. The lowest BCUT2D eigenvalue weighted by Crippen LogP contribution is -2.50. The molecule has 4 heteroatoms. The van der Waals surface area contributed by atoms with Crippen molar-refractivity contribution in [1.29, 1.82) is 0 Å². The van der Waals surface area contributed by atoms with Gasteiger partial charge in [0.15, 0.2) is 0 Å². The molecule has 1 amide bonds. The summed E-state index contributed by atoms with van der Waals surface area (Å²) < 4.78 is 5.58. The van der Waals surface area contributed by atoms with Gasteiger partial charge in [0.1, 0.15) is 5.60 Å². The topological polar surface area (TPSA) is 41.6 Å². The minimum atomic E-state index is -0.476. The lowest BCUT2D eigenvalue weighted by Gasteiger charge is -2.37. The summed E-state index contributed by atoms with van der Waals surface area (Å²) in [6.07, 6.45) is -0.239. The van der Waals surface area contributed by atoms with Gasteiger partial charge in [-0.3, -0.25) is 4.90 Å². The second-order valence-corrected chi connectivity index (χ2v) is 7.00. The van der Waals surface area contributed by atoms with Crippen LogP contribution < -0.4 is 5.32 Å². The van der Waals surface area contributed by atoms with E-state index in [1.165, 1.54) is 10.8 Å². The van der Waals surface area contributed by atoms with Crippen LogP contribution >= 0.6 is 0 Å². The number of hydrogen-bond donors (Lipinski definition) is 1. The third-order valence-electron chi connectivity index (χ3n) is 4.03. The van der Waals surface area contributed by atoms with Gasteiger partial charge in [0.25, 0.3) is 0 Å². The minimum absolute atomic E-state index is 0.00297. The van der Waals surface area contributed by atoms with Crippen LogP contribution in [-0.2, 0) is 4.74 Å². The monoisotopic (exact) mass is 312 g/mol. The summed E-state index contributed by atoms with van der Waals surface area (Å²) in [5.41, 5.74) is 0.664. The average molecular weight is 312 g/mol. The number of amides is 1. The standard InChI is InChI=1S/C19H24N2O2/c1-19(2,3)23-18(22)21-11-10-20-13-17(21)16-9-8-14-6-4-5-7-15(14)12-16/h4-9,12,17,20H,10-11,13H2,1-3H3/t17-/m0/s1. The molecule has 2 aromatic rings. The van der Waals surface area contributed by atoms with Crippen LogP contribution in [0.2, 0.25) is 0 Å². The van der Waals surface area contributed by atoms with Crippen molar-refractivity contribution in [3.8, 4) is 0 Å². The molecule has 2 aromatic carbocycles. The second-order valence-electron chi connectivity index (χ2n) is 7.00. The Bertz CT molecular complexity index is 706. The Hall–Kier alpha value is -2.07. The van der Waals surface area contributed by atoms with Gasteiger partial charge in [-0.15, -0.1) is 0 Å². The van der Waals surface area contributed by atoms with Crippen molar-refractivity contribution in [3.63, 3.8) is 0 Å². The van der Waals surface area contributed by atoms with Crippen LogP contribution in [0.3, 0.4) is 0 Å². The van der Waals surface area contributed by atoms with E-state index in [4.69, 9.17) is 4.74 Å². The molecule has 23 heavy (non-hydrogen) atoms. The Morgan fingerprint density at radius 2 is 1.91 bits per heavy atom. The summed E-state index contributed by atoms with van der Waals surface area (Å²) in [4.78, 5) is 14.4. The highest BCUT2D eigenvalue weighted by Crippen LogP contribution is 2.27. The number of piperazine rings is 1. The van der Waals surface area contributed by atoms with E-state index in [0.717, 1.165) is 18.7 Å². The molecule has 0 aliphatic carbocycles. The molecule has 3 rings (SSSR count). The van der Waals surface area contributed by atoms with Crippen LogP contribution in [0.5, 0.6) is 0 Å². The van der Waals surface area contributed by atoms with E-state index < -0.39 is 5.60 Å². The lowest BCUT2D eigenvalue weighted by atomic mass is 9.99. The van der Waals surface area contributed by atoms with Crippen molar-refractivity contribution >= 4 is 16.9 Å². The average Bonchev–Trinajstić information content (AvgIpc) is 2.53. The van der Waals surface area contributed by atoms with Gasteiger partial charge in [-0.25, -0.2) is 4.79 Å². The van der Waals surface area contributed by atoms with Crippen molar-refractivity contribution in [3.05, 3.63) is 48.0 Å². The summed E-state index contributed by atoms with van der Waals surface area (Å²) in [5.74, 6) is 0. The first-order chi connectivity index (χ1) is 10.9. The molecule has 0 radical (unpaired) electrons. The molecule has 1 fully saturated rings. The molecule has 0 aromatic heterocycles. The van der Waals surface area contributed by atoms with Gasteiger partial charge in [-0.2, -0.15) is 0 Å². The molecule has 0 bridgehead atoms. The number of hydrogen-bond acceptors (Lipinski definition) is 3. The zero-order valence-corrected chi connectivity index (χ0v) is 14.0. The fourth-order valence-corrected chi connectivity index (χ4v) is 2.96. The number of carbonyl (C=O) groups excluding carboxylic acids is 1. The molecule has 1 heterocycles. The van der Waals surface area contributed by atoms with E-state index in [-0.39, 0.29) is 12.1 Å². The maximum Gasteiger partial charge on any atom is 0.410 e. The lowest BCUT2D eigenvalue weighted by molar-refractivity contribution is 0.0118. The van der Waals surface area contributed by atoms with E-state index >= 15 is 0 Å². The molecule has 1 aliphatic rings. The largest absolute Gasteiger partial charge is 0.444 e. The molecule has 1 N–H and O–H groups in total. The smallest absolute Gasteiger partial charge is 0.410 e. The van der Waals surface area contributed by atoms with Gasteiger partial charge in [0, 0.05) is 19.6 Å². The van der Waals surface area contributed by atoms with Crippen LogP contribution in [0.25, 0.3) is 10.8 Å². The van der Waals surface area contributed by atoms with Gasteiger partial charge in [-0.05, 0) is 43.2 Å². The zero-order chi connectivity index (χ0) is 16.4. The molecular formula is C19H24N2O2. The van der Waals surface area contributed by atoms with Crippen LogP contribution in [0.1, 0.15) is 32.4 Å². The van der Waals surface area contributed by atoms with Crippen molar-refractivity contribution in [2.24, 2.45) is 0 Å². The maximum atomic E-state index is 12.5. The first-order valence-corrected chi connectivity index (χ1v) is 8.13. The molecular weight excluding hydrogens is 288 g/mol. The third kappa shape index (κ3) is 3.64. The summed E-state index contributed by atoms with van der Waals surface area (Å²) in [6, 6.07) is 14.7. The Kier molecular flexibility index (Phi) is 4.26. The van der Waals surface area contributed by atoms with E-state index in [9.17, 15) is 4.79 Å². The third-order valence-corrected chi connectivity index (χ3v) is 4.03. The van der Waals surface area contributed by atoms with Gasteiger partial charge in [0.05, 0.1) is 6.04 Å². The number of fused-ring (bicyclic) bond motifs is 1. The van der Waals surface area contributed by atoms with Crippen molar-refractivity contribution in [2.45, 2.75) is 32.4 Å². The van der Waals surface area contributed by atoms with Crippen molar-refractivity contribution in [1.82, 2.24) is 10.2 Å². The van der Waals surface area contributed by atoms with E-state index in [0.29, 0.717) is 6.54 Å².